The number of carbonyl (C=O) groups excluding carboxylic acids is 1. The van der Waals surface area contributed by atoms with E-state index in [4.69, 9.17) is 4.74 Å². The van der Waals surface area contributed by atoms with Gasteiger partial charge in [-0.1, -0.05) is 17.7 Å². The first-order valence-electron chi connectivity index (χ1n) is 6.92. The highest BCUT2D eigenvalue weighted by Gasteiger charge is 2.12. The van der Waals surface area contributed by atoms with Crippen LogP contribution in [0, 0.1) is 17.0 Å². The summed E-state index contributed by atoms with van der Waals surface area (Å²) in [5, 5.41) is 22.7. The summed E-state index contributed by atoms with van der Waals surface area (Å²) >= 11 is 0. The van der Waals surface area contributed by atoms with E-state index in [1.54, 1.807) is 12.1 Å². The second kappa shape index (κ2) is 7.26. The van der Waals surface area contributed by atoms with Crippen molar-refractivity contribution >= 4 is 17.3 Å². The van der Waals surface area contributed by atoms with Crippen molar-refractivity contribution in [3.05, 3.63) is 58.1 Å². The second-order valence-electron chi connectivity index (χ2n) is 4.92. The normalized spacial score (nSPS) is 10.1. The van der Waals surface area contributed by atoms with Gasteiger partial charge in [0.15, 0.2) is 0 Å². The molecule has 2 aromatic rings. The van der Waals surface area contributed by atoms with Crippen LogP contribution < -0.4 is 10.1 Å². The van der Waals surface area contributed by atoms with Crippen LogP contribution in [0.4, 0.5) is 11.4 Å². The zero-order chi connectivity index (χ0) is 16.8. The first-order valence-corrected chi connectivity index (χ1v) is 6.92. The molecule has 0 radical (unpaired) electrons. The van der Waals surface area contributed by atoms with Gasteiger partial charge >= 0.3 is 0 Å². The minimum Gasteiger partial charge on any atom is -0.506 e. The molecule has 0 unspecified atom stereocenters. The molecule has 2 rings (SSSR count). The van der Waals surface area contributed by atoms with Crippen LogP contribution in [0.2, 0.25) is 0 Å². The van der Waals surface area contributed by atoms with Gasteiger partial charge in [-0.25, -0.2) is 0 Å². The molecule has 2 N–H and O–H groups in total. The fraction of sp³-hybridized carbons (Fsp3) is 0.188. The van der Waals surface area contributed by atoms with Gasteiger partial charge in [0.05, 0.1) is 23.6 Å². The molecule has 7 heteroatoms. The van der Waals surface area contributed by atoms with Crippen molar-refractivity contribution in [2.75, 3.05) is 11.9 Å². The number of rotatable bonds is 6. The van der Waals surface area contributed by atoms with Crippen LogP contribution in [0.1, 0.15) is 12.0 Å². The molecule has 2 aromatic carbocycles. The van der Waals surface area contributed by atoms with E-state index in [1.165, 1.54) is 0 Å². The van der Waals surface area contributed by atoms with Crippen LogP contribution in [-0.4, -0.2) is 22.5 Å². The minimum absolute atomic E-state index is 0.000430. The van der Waals surface area contributed by atoms with Crippen LogP contribution in [-0.2, 0) is 4.79 Å². The van der Waals surface area contributed by atoms with Gasteiger partial charge in [-0.15, -0.1) is 0 Å². The zero-order valence-corrected chi connectivity index (χ0v) is 12.5. The Hall–Kier alpha value is -3.09. The van der Waals surface area contributed by atoms with Gasteiger partial charge in [-0.05, 0) is 25.1 Å². The highest BCUT2D eigenvalue weighted by molar-refractivity contribution is 5.92. The number of nitro groups is 1. The van der Waals surface area contributed by atoms with Gasteiger partial charge in [0.2, 0.25) is 5.91 Å². The molecule has 1 amide bonds. The Balaban J connectivity index is 1.88. The lowest BCUT2D eigenvalue weighted by Gasteiger charge is -2.08. The molecule has 0 spiro atoms. The Bertz CT molecular complexity index is 713. The molecule has 23 heavy (non-hydrogen) atoms. The number of hydrogen-bond donors (Lipinski definition) is 2. The molecular weight excluding hydrogens is 300 g/mol. The number of non-ortho nitro benzene ring substituents is 1. The van der Waals surface area contributed by atoms with Crippen molar-refractivity contribution in [2.45, 2.75) is 13.3 Å². The van der Waals surface area contributed by atoms with Gasteiger partial charge in [-0.2, -0.15) is 0 Å². The molecule has 0 aromatic heterocycles. The van der Waals surface area contributed by atoms with Gasteiger partial charge in [0.1, 0.15) is 11.5 Å². The van der Waals surface area contributed by atoms with E-state index < -0.39 is 10.8 Å². The zero-order valence-electron chi connectivity index (χ0n) is 12.5. The molecule has 0 saturated carbocycles. The maximum Gasteiger partial charge on any atom is 0.271 e. The molecule has 0 fully saturated rings. The van der Waals surface area contributed by atoms with E-state index in [0.29, 0.717) is 5.75 Å². The highest BCUT2D eigenvalue weighted by Crippen LogP contribution is 2.27. The number of phenols is 1. The highest BCUT2D eigenvalue weighted by atomic mass is 16.6. The maximum absolute atomic E-state index is 11.8. The van der Waals surface area contributed by atoms with Gasteiger partial charge in [-0.3, -0.25) is 14.9 Å². The summed E-state index contributed by atoms with van der Waals surface area (Å²) in [7, 11) is 0. The van der Waals surface area contributed by atoms with Crippen molar-refractivity contribution in [1.82, 2.24) is 0 Å². The number of hydrogen-bond acceptors (Lipinski definition) is 5. The average Bonchev–Trinajstić information content (AvgIpc) is 2.51. The third-order valence-electron chi connectivity index (χ3n) is 3.08. The summed E-state index contributed by atoms with van der Waals surface area (Å²) in [6.07, 6.45) is 0.0516. The van der Waals surface area contributed by atoms with E-state index >= 15 is 0 Å². The van der Waals surface area contributed by atoms with E-state index in [2.05, 4.69) is 5.32 Å². The van der Waals surface area contributed by atoms with Crippen LogP contribution in [0.15, 0.2) is 42.5 Å². The molecule has 0 atom stereocenters. The third-order valence-corrected chi connectivity index (χ3v) is 3.08. The molecule has 7 nitrogen and oxygen atoms in total. The van der Waals surface area contributed by atoms with Crippen molar-refractivity contribution in [2.24, 2.45) is 0 Å². The summed E-state index contributed by atoms with van der Waals surface area (Å²) in [6, 6.07) is 10.8. The molecule has 0 saturated heterocycles. The summed E-state index contributed by atoms with van der Waals surface area (Å²) < 4.78 is 5.43. The summed E-state index contributed by atoms with van der Waals surface area (Å²) in [6.45, 7) is 2.12. The number of aromatic hydroxyl groups is 1. The fourth-order valence-electron chi connectivity index (χ4n) is 1.85. The Morgan fingerprint density at radius 2 is 1.96 bits per heavy atom. The summed E-state index contributed by atoms with van der Waals surface area (Å²) in [5.74, 6) is 0.0120. The first kappa shape index (κ1) is 16.3. The standard InChI is InChI=1S/C16H16N2O5/c1-11-2-5-13(6-3-11)23-9-8-16(20)17-14-10-12(18(21)22)4-7-15(14)19/h2-7,10,19H,8-9H2,1H3,(H,17,20). The number of benzene rings is 2. The molecule has 0 bridgehead atoms. The van der Waals surface area contributed by atoms with E-state index in [0.717, 1.165) is 23.8 Å². The molecular formula is C16H16N2O5. The predicted octanol–water partition coefficient (Wildman–Crippen LogP) is 3.02. The van der Waals surface area contributed by atoms with Crippen molar-refractivity contribution in [1.29, 1.82) is 0 Å². The predicted molar refractivity (Wildman–Crippen MR) is 84.7 cm³/mol. The number of phenolic OH excluding ortho intramolecular Hbond substituents is 1. The molecule has 120 valence electrons. The lowest BCUT2D eigenvalue weighted by Crippen LogP contribution is -2.15. The Labute approximate surface area is 132 Å². The number of aryl methyl sites for hydroxylation is 1. The van der Waals surface area contributed by atoms with Gasteiger partial charge in [0, 0.05) is 12.1 Å². The SMILES string of the molecule is Cc1ccc(OCCC(=O)Nc2cc([N+](=O)[O-])ccc2O)cc1. The summed E-state index contributed by atoms with van der Waals surface area (Å²) in [5.41, 5.74) is 0.893. The monoisotopic (exact) mass is 316 g/mol. The van der Waals surface area contributed by atoms with E-state index in [-0.39, 0.29) is 30.2 Å². The smallest absolute Gasteiger partial charge is 0.271 e. The lowest BCUT2D eigenvalue weighted by atomic mass is 10.2. The van der Waals surface area contributed by atoms with Crippen molar-refractivity contribution in [3.63, 3.8) is 0 Å². The Kier molecular flexibility index (Phi) is 5.14. The number of nitrogens with zero attached hydrogens (tertiary/aromatic N) is 1. The Morgan fingerprint density at radius 3 is 2.61 bits per heavy atom. The third kappa shape index (κ3) is 4.70. The Morgan fingerprint density at radius 1 is 1.26 bits per heavy atom. The number of carbonyl (C=O) groups is 1. The number of anilines is 1. The number of nitro benzene ring substituents is 1. The second-order valence-corrected chi connectivity index (χ2v) is 4.92. The topological polar surface area (TPSA) is 102 Å². The quantitative estimate of drug-likeness (QED) is 0.484. The van der Waals surface area contributed by atoms with Gasteiger partial charge in [0.25, 0.3) is 5.69 Å². The first-order chi connectivity index (χ1) is 11.0. The fourth-order valence-corrected chi connectivity index (χ4v) is 1.85. The minimum atomic E-state index is -0.602. The van der Waals surface area contributed by atoms with Crippen molar-refractivity contribution < 1.29 is 19.6 Å². The largest absolute Gasteiger partial charge is 0.506 e. The van der Waals surface area contributed by atoms with Gasteiger partial charge < -0.3 is 15.2 Å². The number of ether oxygens (including phenoxy) is 1. The lowest BCUT2D eigenvalue weighted by molar-refractivity contribution is -0.384. The van der Waals surface area contributed by atoms with E-state index in [9.17, 15) is 20.0 Å². The molecule has 0 aliphatic carbocycles. The number of nitrogens with one attached hydrogen (secondary N) is 1. The molecule has 0 aliphatic rings. The van der Waals surface area contributed by atoms with E-state index in [1.807, 2.05) is 19.1 Å². The maximum atomic E-state index is 11.8. The van der Waals surface area contributed by atoms with Crippen LogP contribution in [0.3, 0.4) is 0 Å². The molecule has 0 heterocycles. The molecule has 0 aliphatic heterocycles. The van der Waals surface area contributed by atoms with Crippen LogP contribution >= 0.6 is 0 Å². The van der Waals surface area contributed by atoms with Crippen molar-refractivity contribution in [3.8, 4) is 11.5 Å². The summed E-state index contributed by atoms with van der Waals surface area (Å²) in [4.78, 5) is 21.9. The van der Waals surface area contributed by atoms with Crippen LogP contribution in [0.25, 0.3) is 0 Å². The number of amides is 1. The van der Waals surface area contributed by atoms with Crippen LogP contribution in [0.5, 0.6) is 11.5 Å². The average molecular weight is 316 g/mol.